The Hall–Kier alpha value is -2.33. The van der Waals surface area contributed by atoms with Crippen molar-refractivity contribution in [3.63, 3.8) is 0 Å². The molecule has 0 saturated heterocycles. The average molecular weight is 284 g/mol. The van der Waals surface area contributed by atoms with Gasteiger partial charge in [0.25, 0.3) is 0 Å². The van der Waals surface area contributed by atoms with Crippen LogP contribution < -0.4 is 15.8 Å². The Kier molecular flexibility index (Phi) is 4.95. The summed E-state index contributed by atoms with van der Waals surface area (Å²) in [5.74, 6) is 1.19. The number of hydrogen-bond acceptors (Lipinski definition) is 3. The summed E-state index contributed by atoms with van der Waals surface area (Å²) in [7, 11) is 0. The maximum absolute atomic E-state index is 11.2. The number of hydrogen-bond donors (Lipinski definition) is 2. The van der Waals surface area contributed by atoms with E-state index in [0.717, 1.165) is 12.0 Å². The van der Waals surface area contributed by atoms with E-state index in [9.17, 15) is 4.79 Å². The van der Waals surface area contributed by atoms with E-state index in [2.05, 4.69) is 12.2 Å². The molecule has 0 spiro atoms. The minimum absolute atomic E-state index is 0.0470. The molecular formula is C17H20N2O2. The lowest BCUT2D eigenvalue weighted by atomic mass is 10.1. The number of rotatable bonds is 5. The van der Waals surface area contributed by atoms with Gasteiger partial charge in [0, 0.05) is 13.0 Å². The Morgan fingerprint density at radius 1 is 1.19 bits per heavy atom. The highest BCUT2D eigenvalue weighted by atomic mass is 16.5. The molecule has 2 aromatic rings. The third-order valence-corrected chi connectivity index (χ3v) is 3.17. The molecule has 4 nitrogen and oxygen atoms in total. The van der Waals surface area contributed by atoms with Crippen LogP contribution in [0, 0.1) is 0 Å². The van der Waals surface area contributed by atoms with Gasteiger partial charge in [-0.1, -0.05) is 31.2 Å². The number of benzene rings is 2. The first kappa shape index (κ1) is 15.1. The van der Waals surface area contributed by atoms with Crippen LogP contribution in [0.25, 0.3) is 0 Å². The largest absolute Gasteiger partial charge is 0.455 e. The first-order valence-corrected chi connectivity index (χ1v) is 7.00. The summed E-state index contributed by atoms with van der Waals surface area (Å²) in [4.78, 5) is 11.2. The zero-order valence-corrected chi connectivity index (χ0v) is 12.3. The number of nitrogens with two attached hydrogens (primary N) is 1. The van der Waals surface area contributed by atoms with Gasteiger partial charge in [0.15, 0.2) is 5.75 Å². The fourth-order valence-electron chi connectivity index (χ4n) is 1.99. The lowest BCUT2D eigenvalue weighted by Crippen LogP contribution is -2.08. The molecule has 0 unspecified atom stereocenters. The molecule has 1 amide bonds. The SMILES string of the molecule is CC[C@H](N)c1ccc(Oc2ccccc2NC(C)=O)cc1. The van der Waals surface area contributed by atoms with Crippen molar-refractivity contribution >= 4 is 11.6 Å². The summed E-state index contributed by atoms with van der Waals surface area (Å²) < 4.78 is 5.82. The van der Waals surface area contributed by atoms with Crippen molar-refractivity contribution < 1.29 is 9.53 Å². The summed E-state index contributed by atoms with van der Waals surface area (Å²) in [6.45, 7) is 3.52. The molecule has 0 heterocycles. The number of anilines is 1. The Labute approximate surface area is 124 Å². The Morgan fingerprint density at radius 2 is 1.86 bits per heavy atom. The minimum Gasteiger partial charge on any atom is -0.455 e. The Morgan fingerprint density at radius 3 is 2.48 bits per heavy atom. The summed E-state index contributed by atoms with van der Waals surface area (Å²) in [5, 5.41) is 2.75. The normalized spacial score (nSPS) is 11.8. The smallest absolute Gasteiger partial charge is 0.221 e. The van der Waals surface area contributed by atoms with Crippen molar-refractivity contribution in [2.24, 2.45) is 5.73 Å². The molecule has 3 N–H and O–H groups in total. The molecular weight excluding hydrogens is 264 g/mol. The molecule has 110 valence electrons. The number of carbonyl (C=O) groups is 1. The second-order valence-electron chi connectivity index (χ2n) is 4.86. The first-order chi connectivity index (χ1) is 10.1. The standard InChI is InChI=1S/C17H20N2O2/c1-3-15(18)13-8-10-14(11-9-13)21-17-7-5-4-6-16(17)19-12(2)20/h4-11,15H,3,18H2,1-2H3,(H,19,20)/t15-/m0/s1. The van der Waals surface area contributed by atoms with Crippen molar-refractivity contribution in [1.82, 2.24) is 0 Å². The molecule has 0 aromatic heterocycles. The lowest BCUT2D eigenvalue weighted by molar-refractivity contribution is -0.114. The molecule has 0 aliphatic rings. The molecule has 0 aliphatic carbocycles. The molecule has 0 radical (unpaired) electrons. The van der Waals surface area contributed by atoms with Crippen LogP contribution in [-0.2, 0) is 4.79 Å². The van der Waals surface area contributed by atoms with Gasteiger partial charge in [-0.05, 0) is 36.2 Å². The van der Waals surface area contributed by atoms with Crippen LogP contribution >= 0.6 is 0 Å². The predicted octanol–water partition coefficient (Wildman–Crippen LogP) is 3.85. The van der Waals surface area contributed by atoms with Crippen LogP contribution in [0.15, 0.2) is 48.5 Å². The zero-order valence-electron chi connectivity index (χ0n) is 12.3. The second kappa shape index (κ2) is 6.90. The molecule has 0 aliphatic heterocycles. The van der Waals surface area contributed by atoms with E-state index in [1.807, 2.05) is 42.5 Å². The van der Waals surface area contributed by atoms with Gasteiger partial charge in [-0.25, -0.2) is 0 Å². The summed E-state index contributed by atoms with van der Waals surface area (Å²) in [5.41, 5.74) is 7.72. The van der Waals surface area contributed by atoms with Crippen LogP contribution in [-0.4, -0.2) is 5.91 Å². The van der Waals surface area contributed by atoms with Crippen molar-refractivity contribution in [1.29, 1.82) is 0 Å². The number of carbonyl (C=O) groups excluding carboxylic acids is 1. The van der Waals surface area contributed by atoms with Gasteiger partial charge < -0.3 is 15.8 Å². The number of amides is 1. The van der Waals surface area contributed by atoms with Crippen LogP contribution in [0.2, 0.25) is 0 Å². The van der Waals surface area contributed by atoms with Gasteiger partial charge in [0.05, 0.1) is 5.69 Å². The van der Waals surface area contributed by atoms with Crippen LogP contribution in [0.3, 0.4) is 0 Å². The van der Waals surface area contributed by atoms with Crippen molar-refractivity contribution in [2.75, 3.05) is 5.32 Å². The fourth-order valence-corrected chi connectivity index (χ4v) is 1.99. The lowest BCUT2D eigenvalue weighted by Gasteiger charge is -2.13. The van der Waals surface area contributed by atoms with E-state index < -0.39 is 0 Å². The Balaban J connectivity index is 2.16. The first-order valence-electron chi connectivity index (χ1n) is 7.00. The Bertz CT molecular complexity index is 608. The van der Waals surface area contributed by atoms with E-state index in [-0.39, 0.29) is 11.9 Å². The van der Waals surface area contributed by atoms with Gasteiger partial charge in [0.2, 0.25) is 5.91 Å². The topological polar surface area (TPSA) is 64.3 Å². The highest BCUT2D eigenvalue weighted by molar-refractivity contribution is 5.90. The van der Waals surface area contributed by atoms with E-state index in [0.29, 0.717) is 17.2 Å². The zero-order chi connectivity index (χ0) is 15.2. The molecule has 1 atom stereocenters. The number of para-hydroxylation sites is 2. The van der Waals surface area contributed by atoms with E-state index in [4.69, 9.17) is 10.5 Å². The molecule has 4 heteroatoms. The highest BCUT2D eigenvalue weighted by Crippen LogP contribution is 2.29. The maximum Gasteiger partial charge on any atom is 0.221 e. The highest BCUT2D eigenvalue weighted by Gasteiger charge is 2.07. The molecule has 0 saturated carbocycles. The van der Waals surface area contributed by atoms with Gasteiger partial charge in [-0.15, -0.1) is 0 Å². The second-order valence-corrected chi connectivity index (χ2v) is 4.86. The number of ether oxygens (including phenoxy) is 1. The maximum atomic E-state index is 11.2. The van der Waals surface area contributed by atoms with Crippen molar-refractivity contribution in [2.45, 2.75) is 26.3 Å². The molecule has 2 aromatic carbocycles. The third-order valence-electron chi connectivity index (χ3n) is 3.17. The van der Waals surface area contributed by atoms with Crippen LogP contribution in [0.1, 0.15) is 31.9 Å². The summed E-state index contributed by atoms with van der Waals surface area (Å²) in [6.07, 6.45) is 0.894. The summed E-state index contributed by atoms with van der Waals surface area (Å²) in [6, 6.07) is 15.1. The molecule has 0 fully saturated rings. The van der Waals surface area contributed by atoms with E-state index in [1.165, 1.54) is 6.92 Å². The third kappa shape index (κ3) is 4.07. The predicted molar refractivity (Wildman–Crippen MR) is 84.5 cm³/mol. The van der Waals surface area contributed by atoms with Gasteiger partial charge in [-0.2, -0.15) is 0 Å². The van der Waals surface area contributed by atoms with Gasteiger partial charge >= 0.3 is 0 Å². The van der Waals surface area contributed by atoms with Crippen molar-refractivity contribution in [3.05, 3.63) is 54.1 Å². The summed E-state index contributed by atoms with van der Waals surface area (Å²) >= 11 is 0. The minimum atomic E-state index is -0.129. The van der Waals surface area contributed by atoms with Gasteiger partial charge in [0.1, 0.15) is 5.75 Å². The van der Waals surface area contributed by atoms with Crippen LogP contribution in [0.4, 0.5) is 5.69 Å². The van der Waals surface area contributed by atoms with Gasteiger partial charge in [-0.3, -0.25) is 4.79 Å². The van der Waals surface area contributed by atoms with Crippen molar-refractivity contribution in [3.8, 4) is 11.5 Å². The van der Waals surface area contributed by atoms with Crippen LogP contribution in [0.5, 0.6) is 11.5 Å². The molecule has 2 rings (SSSR count). The number of nitrogens with one attached hydrogen (secondary N) is 1. The quantitative estimate of drug-likeness (QED) is 0.876. The van der Waals surface area contributed by atoms with E-state index in [1.54, 1.807) is 6.07 Å². The fraction of sp³-hybridized carbons (Fsp3) is 0.235. The monoisotopic (exact) mass is 284 g/mol. The molecule has 21 heavy (non-hydrogen) atoms. The van der Waals surface area contributed by atoms with E-state index >= 15 is 0 Å². The molecule has 0 bridgehead atoms. The average Bonchev–Trinajstić information content (AvgIpc) is 2.49.